The van der Waals surface area contributed by atoms with E-state index in [1.54, 1.807) is 0 Å². The number of likely N-dealkylation sites (tertiary alicyclic amines) is 1. The van der Waals surface area contributed by atoms with Crippen LogP contribution < -0.4 is 5.73 Å². The molecule has 1 atom stereocenters. The van der Waals surface area contributed by atoms with Crippen LogP contribution in [0.3, 0.4) is 0 Å². The summed E-state index contributed by atoms with van der Waals surface area (Å²) in [6, 6.07) is 10.0. The maximum absolute atomic E-state index is 12.0. The molecule has 1 aliphatic heterocycles. The van der Waals surface area contributed by atoms with Gasteiger partial charge in [-0.3, -0.25) is 4.79 Å². The fraction of sp³-hybridized carbons (Fsp3) is 0.462. The van der Waals surface area contributed by atoms with Crippen LogP contribution in [0.2, 0.25) is 0 Å². The number of hydrogen-bond acceptors (Lipinski definition) is 2. The molecule has 2 rings (SSSR count). The van der Waals surface area contributed by atoms with Gasteiger partial charge in [0.2, 0.25) is 5.91 Å². The lowest BCUT2D eigenvalue weighted by molar-refractivity contribution is -0.131. The van der Waals surface area contributed by atoms with Crippen LogP contribution in [0.25, 0.3) is 0 Å². The normalized spacial score (nSPS) is 20.8. The van der Waals surface area contributed by atoms with E-state index in [1.165, 1.54) is 0 Å². The van der Waals surface area contributed by atoms with E-state index >= 15 is 0 Å². The first-order chi connectivity index (χ1) is 7.75. The van der Waals surface area contributed by atoms with E-state index in [9.17, 15) is 4.79 Å². The average molecular weight is 218 g/mol. The van der Waals surface area contributed by atoms with E-state index < -0.39 is 0 Å². The summed E-state index contributed by atoms with van der Waals surface area (Å²) in [7, 11) is 0. The minimum atomic E-state index is 0.161. The molecule has 0 aromatic heterocycles. The summed E-state index contributed by atoms with van der Waals surface area (Å²) in [6.07, 6.45) is 2.56. The Hall–Kier alpha value is -1.35. The molecule has 1 aromatic carbocycles. The van der Waals surface area contributed by atoms with E-state index in [4.69, 9.17) is 5.73 Å². The van der Waals surface area contributed by atoms with Crippen molar-refractivity contribution < 1.29 is 4.79 Å². The zero-order valence-corrected chi connectivity index (χ0v) is 9.43. The summed E-state index contributed by atoms with van der Waals surface area (Å²) in [4.78, 5) is 13.9. The summed E-state index contributed by atoms with van der Waals surface area (Å²) in [6.45, 7) is 1.57. The lowest BCUT2D eigenvalue weighted by atomic mass is 10.1. The number of hydrogen-bond donors (Lipinski definition) is 1. The molecule has 0 radical (unpaired) electrons. The molecule has 2 N–H and O–H groups in total. The number of benzene rings is 1. The summed E-state index contributed by atoms with van der Waals surface area (Å²) in [5, 5.41) is 0. The third-order valence-corrected chi connectivity index (χ3v) is 3.01. The van der Waals surface area contributed by atoms with Gasteiger partial charge in [-0.1, -0.05) is 30.3 Å². The number of carbonyl (C=O) groups excluding carboxylic acids is 1. The Bertz CT molecular complexity index is 350. The molecule has 1 fully saturated rings. The molecule has 0 bridgehead atoms. The Morgan fingerprint density at radius 3 is 2.81 bits per heavy atom. The highest BCUT2D eigenvalue weighted by Gasteiger charge is 2.20. The van der Waals surface area contributed by atoms with Gasteiger partial charge in [-0.05, 0) is 18.4 Å². The molecule has 1 heterocycles. The number of rotatable bonds is 2. The highest BCUT2D eigenvalue weighted by atomic mass is 16.2. The SMILES string of the molecule is N[C@H]1CCCN(C(=O)Cc2ccccc2)C1. The molecule has 1 aromatic rings. The summed E-state index contributed by atoms with van der Waals surface area (Å²) >= 11 is 0. The molecule has 1 amide bonds. The van der Waals surface area contributed by atoms with Crippen LogP contribution in [0.15, 0.2) is 30.3 Å². The fourth-order valence-corrected chi connectivity index (χ4v) is 2.12. The standard InChI is InChI=1S/C13H18N2O/c14-12-7-4-8-15(10-12)13(16)9-11-5-2-1-3-6-11/h1-3,5-6,12H,4,7-10,14H2/t12-/m0/s1. The predicted octanol–water partition coefficient (Wildman–Crippen LogP) is 1.18. The highest BCUT2D eigenvalue weighted by molar-refractivity contribution is 5.78. The van der Waals surface area contributed by atoms with Gasteiger partial charge in [-0.2, -0.15) is 0 Å². The van der Waals surface area contributed by atoms with Crippen LogP contribution in [-0.2, 0) is 11.2 Å². The van der Waals surface area contributed by atoms with Crippen LogP contribution in [-0.4, -0.2) is 29.9 Å². The van der Waals surface area contributed by atoms with E-state index in [1.807, 2.05) is 35.2 Å². The van der Waals surface area contributed by atoms with E-state index in [0.717, 1.165) is 24.9 Å². The van der Waals surface area contributed by atoms with Gasteiger partial charge in [0.1, 0.15) is 0 Å². The topological polar surface area (TPSA) is 46.3 Å². The molecule has 1 saturated heterocycles. The predicted molar refractivity (Wildman–Crippen MR) is 63.9 cm³/mol. The number of nitrogens with zero attached hydrogens (tertiary/aromatic N) is 1. The van der Waals surface area contributed by atoms with Crippen molar-refractivity contribution in [3.8, 4) is 0 Å². The monoisotopic (exact) mass is 218 g/mol. The minimum Gasteiger partial charge on any atom is -0.341 e. The second kappa shape index (κ2) is 5.12. The third kappa shape index (κ3) is 2.83. The second-order valence-corrected chi connectivity index (χ2v) is 4.40. The molecule has 0 saturated carbocycles. The maximum Gasteiger partial charge on any atom is 0.227 e. The second-order valence-electron chi connectivity index (χ2n) is 4.40. The lowest BCUT2D eigenvalue weighted by Crippen LogP contribution is -2.46. The van der Waals surface area contributed by atoms with Crippen LogP contribution in [0.1, 0.15) is 18.4 Å². The zero-order chi connectivity index (χ0) is 11.4. The number of piperidine rings is 1. The largest absolute Gasteiger partial charge is 0.341 e. The Balaban J connectivity index is 1.93. The smallest absolute Gasteiger partial charge is 0.227 e. The molecular weight excluding hydrogens is 200 g/mol. The summed E-state index contributed by atoms with van der Waals surface area (Å²) < 4.78 is 0. The minimum absolute atomic E-state index is 0.161. The van der Waals surface area contributed by atoms with Crippen molar-refractivity contribution in [1.29, 1.82) is 0 Å². The number of amides is 1. The van der Waals surface area contributed by atoms with Crippen molar-refractivity contribution in [3.63, 3.8) is 0 Å². The Morgan fingerprint density at radius 1 is 1.38 bits per heavy atom. The molecule has 16 heavy (non-hydrogen) atoms. The van der Waals surface area contributed by atoms with Crippen molar-refractivity contribution in [2.75, 3.05) is 13.1 Å². The van der Waals surface area contributed by atoms with E-state index in [-0.39, 0.29) is 11.9 Å². The quantitative estimate of drug-likeness (QED) is 0.810. The van der Waals surface area contributed by atoms with Gasteiger partial charge in [0.15, 0.2) is 0 Å². The molecule has 0 unspecified atom stereocenters. The third-order valence-electron chi connectivity index (χ3n) is 3.01. The zero-order valence-electron chi connectivity index (χ0n) is 9.43. The van der Waals surface area contributed by atoms with Crippen LogP contribution in [0.5, 0.6) is 0 Å². The van der Waals surface area contributed by atoms with Gasteiger partial charge in [-0.25, -0.2) is 0 Å². The van der Waals surface area contributed by atoms with Crippen molar-refractivity contribution >= 4 is 5.91 Å². The Labute approximate surface area is 96.2 Å². The van der Waals surface area contributed by atoms with Gasteiger partial charge in [-0.15, -0.1) is 0 Å². The van der Waals surface area contributed by atoms with Crippen molar-refractivity contribution in [3.05, 3.63) is 35.9 Å². The van der Waals surface area contributed by atoms with Gasteiger partial charge < -0.3 is 10.6 Å². The highest BCUT2D eigenvalue weighted by Crippen LogP contribution is 2.10. The van der Waals surface area contributed by atoms with Gasteiger partial charge in [0.05, 0.1) is 6.42 Å². The molecule has 0 spiro atoms. The molecule has 1 aliphatic rings. The molecule has 0 aliphatic carbocycles. The number of nitrogens with two attached hydrogens (primary N) is 1. The van der Waals surface area contributed by atoms with Crippen LogP contribution in [0, 0.1) is 0 Å². The summed E-state index contributed by atoms with van der Waals surface area (Å²) in [5.41, 5.74) is 6.94. The van der Waals surface area contributed by atoms with Gasteiger partial charge >= 0.3 is 0 Å². The summed E-state index contributed by atoms with van der Waals surface area (Å²) in [5.74, 6) is 0.196. The average Bonchev–Trinajstić information content (AvgIpc) is 2.30. The Morgan fingerprint density at radius 2 is 2.12 bits per heavy atom. The Kier molecular flexibility index (Phi) is 3.57. The van der Waals surface area contributed by atoms with Gasteiger partial charge in [0.25, 0.3) is 0 Å². The first-order valence-corrected chi connectivity index (χ1v) is 5.83. The molecular formula is C13H18N2O. The maximum atomic E-state index is 12.0. The molecule has 86 valence electrons. The van der Waals surface area contributed by atoms with E-state index in [2.05, 4.69) is 0 Å². The van der Waals surface area contributed by atoms with E-state index in [0.29, 0.717) is 13.0 Å². The van der Waals surface area contributed by atoms with Crippen molar-refractivity contribution in [2.45, 2.75) is 25.3 Å². The van der Waals surface area contributed by atoms with Crippen LogP contribution in [0.4, 0.5) is 0 Å². The fourth-order valence-electron chi connectivity index (χ4n) is 2.12. The first kappa shape index (κ1) is 11.1. The number of carbonyl (C=O) groups is 1. The lowest BCUT2D eigenvalue weighted by Gasteiger charge is -2.30. The van der Waals surface area contributed by atoms with Crippen molar-refractivity contribution in [1.82, 2.24) is 4.90 Å². The molecule has 3 heteroatoms. The van der Waals surface area contributed by atoms with Crippen molar-refractivity contribution in [2.24, 2.45) is 5.73 Å². The molecule has 3 nitrogen and oxygen atoms in total. The van der Waals surface area contributed by atoms with Crippen LogP contribution >= 0.6 is 0 Å². The first-order valence-electron chi connectivity index (χ1n) is 5.83. The van der Waals surface area contributed by atoms with Gasteiger partial charge in [0, 0.05) is 19.1 Å².